The fraction of sp³-hybridized carbons (Fsp3) is 1.00. The van der Waals surface area contributed by atoms with Gasteiger partial charge in [-0.1, -0.05) is 13.8 Å². The van der Waals surface area contributed by atoms with Crippen molar-refractivity contribution in [2.24, 2.45) is 5.92 Å². The molecule has 0 aliphatic rings. The van der Waals surface area contributed by atoms with Crippen molar-refractivity contribution in [2.45, 2.75) is 53.0 Å². The molecule has 2 heteroatoms. The maximum absolute atomic E-state index is 5.52. The van der Waals surface area contributed by atoms with Crippen molar-refractivity contribution in [3.63, 3.8) is 0 Å². The van der Waals surface area contributed by atoms with Crippen molar-refractivity contribution in [1.29, 1.82) is 0 Å². The minimum Gasteiger partial charge on any atom is -0.380 e. The Kier molecular flexibility index (Phi) is 7.20. The van der Waals surface area contributed by atoms with E-state index in [1.807, 2.05) is 0 Å². The maximum Gasteiger partial charge on any atom is 0.0591 e. The van der Waals surface area contributed by atoms with Gasteiger partial charge in [0.2, 0.25) is 0 Å². The standard InChI is InChI=1S/C12H27NO/c1-11(2)7-6-9-14-10-8-13-12(3,4)5/h11,13H,6-10H2,1-5H3. The average molecular weight is 201 g/mol. The second kappa shape index (κ2) is 7.24. The fourth-order valence-electron chi connectivity index (χ4n) is 1.19. The molecule has 86 valence electrons. The quantitative estimate of drug-likeness (QED) is 0.640. The monoisotopic (exact) mass is 201 g/mol. The van der Waals surface area contributed by atoms with Crippen LogP contribution in [0.4, 0.5) is 0 Å². The molecule has 1 N–H and O–H groups in total. The van der Waals surface area contributed by atoms with E-state index in [1.165, 1.54) is 12.8 Å². The van der Waals surface area contributed by atoms with Crippen LogP contribution >= 0.6 is 0 Å². The molecule has 0 saturated carbocycles. The van der Waals surface area contributed by atoms with Crippen molar-refractivity contribution in [2.75, 3.05) is 19.8 Å². The number of hydrogen-bond acceptors (Lipinski definition) is 2. The first-order valence-corrected chi connectivity index (χ1v) is 5.74. The molecular weight excluding hydrogens is 174 g/mol. The van der Waals surface area contributed by atoms with Crippen molar-refractivity contribution in [3.05, 3.63) is 0 Å². The highest BCUT2D eigenvalue weighted by molar-refractivity contribution is 4.69. The van der Waals surface area contributed by atoms with Gasteiger partial charge in [-0.15, -0.1) is 0 Å². The summed E-state index contributed by atoms with van der Waals surface area (Å²) in [4.78, 5) is 0. The molecule has 0 saturated heterocycles. The van der Waals surface area contributed by atoms with Gasteiger partial charge in [-0.05, 0) is 39.5 Å². The minimum atomic E-state index is 0.210. The summed E-state index contributed by atoms with van der Waals surface area (Å²) in [6.07, 6.45) is 2.46. The SMILES string of the molecule is CC(C)CCCOCCNC(C)(C)C. The van der Waals surface area contributed by atoms with Gasteiger partial charge in [0, 0.05) is 18.7 Å². The van der Waals surface area contributed by atoms with Crippen LogP contribution in [0.25, 0.3) is 0 Å². The third-order valence-electron chi connectivity index (χ3n) is 1.97. The van der Waals surface area contributed by atoms with E-state index in [0.717, 1.165) is 25.7 Å². The third-order valence-corrected chi connectivity index (χ3v) is 1.97. The van der Waals surface area contributed by atoms with Gasteiger partial charge in [-0.2, -0.15) is 0 Å². The van der Waals surface area contributed by atoms with Gasteiger partial charge >= 0.3 is 0 Å². The minimum absolute atomic E-state index is 0.210. The van der Waals surface area contributed by atoms with Gasteiger partial charge in [0.25, 0.3) is 0 Å². The van der Waals surface area contributed by atoms with Gasteiger partial charge in [0.05, 0.1) is 6.61 Å². The molecule has 0 rings (SSSR count). The van der Waals surface area contributed by atoms with Gasteiger partial charge in [0.15, 0.2) is 0 Å². The zero-order valence-corrected chi connectivity index (χ0v) is 10.5. The van der Waals surface area contributed by atoms with Crippen LogP contribution in [0.5, 0.6) is 0 Å². The molecule has 0 aromatic rings. The van der Waals surface area contributed by atoms with Crippen molar-refractivity contribution in [3.8, 4) is 0 Å². The number of rotatable bonds is 7. The first kappa shape index (κ1) is 13.9. The first-order chi connectivity index (χ1) is 6.42. The van der Waals surface area contributed by atoms with Crippen LogP contribution in [0.2, 0.25) is 0 Å². The molecule has 0 radical (unpaired) electrons. The Morgan fingerprint density at radius 3 is 2.29 bits per heavy atom. The molecule has 0 amide bonds. The van der Waals surface area contributed by atoms with Crippen LogP contribution in [-0.2, 0) is 4.74 Å². The van der Waals surface area contributed by atoms with E-state index in [1.54, 1.807) is 0 Å². The summed E-state index contributed by atoms with van der Waals surface area (Å²) in [6.45, 7) is 13.7. The zero-order valence-electron chi connectivity index (χ0n) is 10.5. The van der Waals surface area contributed by atoms with Crippen molar-refractivity contribution >= 4 is 0 Å². The number of nitrogens with one attached hydrogen (secondary N) is 1. The lowest BCUT2D eigenvalue weighted by molar-refractivity contribution is 0.125. The molecule has 0 atom stereocenters. The predicted molar refractivity (Wildman–Crippen MR) is 62.6 cm³/mol. The molecule has 14 heavy (non-hydrogen) atoms. The summed E-state index contributed by atoms with van der Waals surface area (Å²) < 4.78 is 5.52. The summed E-state index contributed by atoms with van der Waals surface area (Å²) >= 11 is 0. The molecule has 0 fully saturated rings. The molecule has 0 aliphatic carbocycles. The first-order valence-electron chi connectivity index (χ1n) is 5.74. The maximum atomic E-state index is 5.52. The fourth-order valence-corrected chi connectivity index (χ4v) is 1.19. The summed E-state index contributed by atoms with van der Waals surface area (Å²) in [5, 5.41) is 3.40. The second-order valence-corrected chi connectivity index (χ2v) is 5.33. The zero-order chi connectivity index (χ0) is 11.0. The highest BCUT2D eigenvalue weighted by atomic mass is 16.5. The molecule has 0 aromatic carbocycles. The summed E-state index contributed by atoms with van der Waals surface area (Å²) in [6, 6.07) is 0. The van der Waals surface area contributed by atoms with Crippen LogP contribution in [0.1, 0.15) is 47.5 Å². The average Bonchev–Trinajstić information content (AvgIpc) is 2.00. The van der Waals surface area contributed by atoms with Crippen LogP contribution in [0, 0.1) is 5.92 Å². The second-order valence-electron chi connectivity index (χ2n) is 5.33. The predicted octanol–water partition coefficient (Wildman–Crippen LogP) is 2.83. The molecule has 2 nitrogen and oxygen atoms in total. The van der Waals surface area contributed by atoms with E-state index >= 15 is 0 Å². The molecule has 0 spiro atoms. The smallest absolute Gasteiger partial charge is 0.0591 e. The highest BCUT2D eigenvalue weighted by Crippen LogP contribution is 2.03. The Labute approximate surface area is 89.4 Å². The van der Waals surface area contributed by atoms with Crippen molar-refractivity contribution in [1.82, 2.24) is 5.32 Å². The molecule has 0 aliphatic heterocycles. The molecule has 0 heterocycles. The Balaban J connectivity index is 3.07. The lowest BCUT2D eigenvalue weighted by atomic mass is 10.1. The summed E-state index contributed by atoms with van der Waals surface area (Å²) in [7, 11) is 0. The van der Waals surface area contributed by atoms with Crippen LogP contribution in [0.3, 0.4) is 0 Å². The largest absolute Gasteiger partial charge is 0.380 e. The Bertz CT molecular complexity index is 127. The van der Waals surface area contributed by atoms with Crippen LogP contribution in [0.15, 0.2) is 0 Å². The van der Waals surface area contributed by atoms with Crippen LogP contribution in [-0.4, -0.2) is 25.3 Å². The molecule has 0 bridgehead atoms. The number of ether oxygens (including phenoxy) is 1. The van der Waals surface area contributed by atoms with Crippen LogP contribution < -0.4 is 5.32 Å². The normalized spacial score (nSPS) is 12.4. The van der Waals surface area contributed by atoms with E-state index < -0.39 is 0 Å². The summed E-state index contributed by atoms with van der Waals surface area (Å²) in [5.41, 5.74) is 0.210. The lowest BCUT2D eigenvalue weighted by Gasteiger charge is -2.20. The van der Waals surface area contributed by atoms with Gasteiger partial charge < -0.3 is 10.1 Å². The molecule has 0 aromatic heterocycles. The third kappa shape index (κ3) is 11.9. The van der Waals surface area contributed by atoms with Crippen molar-refractivity contribution < 1.29 is 4.74 Å². The Morgan fingerprint density at radius 1 is 1.14 bits per heavy atom. The van der Waals surface area contributed by atoms with E-state index in [-0.39, 0.29) is 5.54 Å². The van der Waals surface area contributed by atoms with E-state index in [9.17, 15) is 0 Å². The topological polar surface area (TPSA) is 21.3 Å². The molecule has 0 unspecified atom stereocenters. The highest BCUT2D eigenvalue weighted by Gasteiger charge is 2.06. The van der Waals surface area contributed by atoms with E-state index in [2.05, 4.69) is 39.9 Å². The van der Waals surface area contributed by atoms with Gasteiger partial charge in [-0.3, -0.25) is 0 Å². The number of hydrogen-bond donors (Lipinski definition) is 1. The lowest BCUT2D eigenvalue weighted by Crippen LogP contribution is -2.38. The van der Waals surface area contributed by atoms with E-state index in [4.69, 9.17) is 4.74 Å². The Morgan fingerprint density at radius 2 is 1.79 bits per heavy atom. The van der Waals surface area contributed by atoms with Gasteiger partial charge in [-0.25, -0.2) is 0 Å². The van der Waals surface area contributed by atoms with E-state index in [0.29, 0.717) is 0 Å². The van der Waals surface area contributed by atoms with Gasteiger partial charge in [0.1, 0.15) is 0 Å². The summed E-state index contributed by atoms with van der Waals surface area (Å²) in [5.74, 6) is 0.798. The molecular formula is C12H27NO. The Hall–Kier alpha value is -0.0800.